The number of ether oxygens (including phenoxy) is 2. The summed E-state index contributed by atoms with van der Waals surface area (Å²) >= 11 is 0. The van der Waals surface area contributed by atoms with Crippen LogP contribution in [0.2, 0.25) is 0 Å². The Morgan fingerprint density at radius 3 is 2.64 bits per heavy atom. The van der Waals surface area contributed by atoms with Crippen LogP contribution in [0.25, 0.3) is 0 Å². The fourth-order valence-electron chi connectivity index (χ4n) is 3.61. The van der Waals surface area contributed by atoms with Gasteiger partial charge in [-0.15, -0.1) is 0 Å². The van der Waals surface area contributed by atoms with Gasteiger partial charge < -0.3 is 14.0 Å². The van der Waals surface area contributed by atoms with Gasteiger partial charge in [0.25, 0.3) is 0 Å². The van der Waals surface area contributed by atoms with Crippen molar-refractivity contribution in [2.24, 2.45) is 5.92 Å². The first kappa shape index (κ1) is 17.5. The van der Waals surface area contributed by atoms with Crippen molar-refractivity contribution in [1.82, 2.24) is 14.5 Å². The second kappa shape index (κ2) is 7.34. The Morgan fingerprint density at radius 2 is 1.96 bits per heavy atom. The Labute approximate surface area is 149 Å². The van der Waals surface area contributed by atoms with E-state index in [0.717, 1.165) is 64.3 Å². The van der Waals surface area contributed by atoms with E-state index in [1.54, 1.807) is 6.20 Å². The van der Waals surface area contributed by atoms with Gasteiger partial charge in [-0.3, -0.25) is 4.90 Å². The normalized spacial score (nSPS) is 25.5. The molecule has 4 rings (SSSR count). The quantitative estimate of drug-likeness (QED) is 0.716. The van der Waals surface area contributed by atoms with Gasteiger partial charge in [0.1, 0.15) is 0 Å². The Kier molecular flexibility index (Phi) is 5.13. The van der Waals surface area contributed by atoms with Crippen molar-refractivity contribution < 1.29 is 17.9 Å². The molecule has 1 aromatic rings. The van der Waals surface area contributed by atoms with Crippen molar-refractivity contribution in [3.05, 3.63) is 11.9 Å². The lowest BCUT2D eigenvalue weighted by molar-refractivity contribution is 0.0324. The number of sulfone groups is 1. The molecule has 3 aliphatic rings. The number of hydrogen-bond donors (Lipinski definition) is 0. The third kappa shape index (κ3) is 4.24. The molecule has 0 N–H and O–H groups in total. The highest BCUT2D eigenvalue weighted by atomic mass is 32.2. The van der Waals surface area contributed by atoms with E-state index in [9.17, 15) is 8.42 Å². The van der Waals surface area contributed by atoms with E-state index in [2.05, 4.69) is 9.88 Å². The van der Waals surface area contributed by atoms with E-state index in [-0.39, 0.29) is 17.0 Å². The summed E-state index contributed by atoms with van der Waals surface area (Å²) in [6.07, 6.45) is 5.90. The molecule has 1 aromatic heterocycles. The molecule has 8 heteroatoms. The maximum Gasteiger partial charge on any atom is 0.227 e. The van der Waals surface area contributed by atoms with Crippen LogP contribution < -0.4 is 0 Å². The zero-order valence-corrected chi connectivity index (χ0v) is 15.4. The molecule has 1 saturated carbocycles. The average molecular weight is 369 g/mol. The molecule has 0 spiro atoms. The molecular weight excluding hydrogens is 342 g/mol. The summed E-state index contributed by atoms with van der Waals surface area (Å²) in [5, 5.41) is 0.234. The first-order valence-electron chi connectivity index (χ1n) is 9.31. The minimum atomic E-state index is -3.34. The monoisotopic (exact) mass is 369 g/mol. The van der Waals surface area contributed by atoms with Gasteiger partial charge in [-0.25, -0.2) is 13.4 Å². The Hall–Kier alpha value is -0.960. The van der Waals surface area contributed by atoms with Gasteiger partial charge in [-0.05, 0) is 31.6 Å². The van der Waals surface area contributed by atoms with Crippen LogP contribution in [0.4, 0.5) is 0 Å². The minimum Gasteiger partial charge on any atom is -0.379 e. The molecule has 3 heterocycles. The van der Waals surface area contributed by atoms with Crippen molar-refractivity contribution >= 4 is 9.84 Å². The van der Waals surface area contributed by atoms with Crippen LogP contribution in [0.15, 0.2) is 11.4 Å². The standard InChI is InChI=1S/C17H27N3O4S/c21-25(22,13-14-3-4-14)17-18-10-15(11-19-5-8-23-9-6-19)20(17)12-16-2-1-7-24-16/h10,14,16H,1-9,11-13H2/t16-/m1/s1. The van der Waals surface area contributed by atoms with Crippen LogP contribution in [0, 0.1) is 5.92 Å². The van der Waals surface area contributed by atoms with Crippen LogP contribution in [0.1, 0.15) is 31.4 Å². The maximum atomic E-state index is 12.8. The summed E-state index contributed by atoms with van der Waals surface area (Å²) in [6.45, 7) is 5.26. The highest BCUT2D eigenvalue weighted by molar-refractivity contribution is 7.91. The maximum absolute atomic E-state index is 12.8. The molecule has 7 nitrogen and oxygen atoms in total. The second-order valence-corrected chi connectivity index (χ2v) is 9.32. The molecule has 0 bridgehead atoms. The summed E-state index contributed by atoms with van der Waals surface area (Å²) in [4.78, 5) is 6.63. The Balaban J connectivity index is 1.58. The topological polar surface area (TPSA) is 73.7 Å². The van der Waals surface area contributed by atoms with Crippen molar-refractivity contribution in [3.8, 4) is 0 Å². The van der Waals surface area contributed by atoms with Crippen LogP contribution in [0.5, 0.6) is 0 Å². The molecule has 0 unspecified atom stereocenters. The van der Waals surface area contributed by atoms with E-state index in [1.807, 2.05) is 4.57 Å². The molecule has 0 aromatic carbocycles. The first-order valence-corrected chi connectivity index (χ1v) is 11.0. The van der Waals surface area contributed by atoms with Gasteiger partial charge in [-0.1, -0.05) is 0 Å². The Morgan fingerprint density at radius 1 is 1.16 bits per heavy atom. The highest BCUT2D eigenvalue weighted by Crippen LogP contribution is 2.32. The van der Waals surface area contributed by atoms with E-state index in [1.165, 1.54) is 0 Å². The molecule has 2 aliphatic heterocycles. The summed E-state index contributed by atoms with van der Waals surface area (Å²) in [7, 11) is -3.34. The molecule has 25 heavy (non-hydrogen) atoms. The zero-order valence-electron chi connectivity index (χ0n) is 14.6. The molecule has 3 fully saturated rings. The lowest BCUT2D eigenvalue weighted by Crippen LogP contribution is -2.36. The molecule has 2 saturated heterocycles. The van der Waals surface area contributed by atoms with Crippen molar-refractivity contribution in [2.75, 3.05) is 38.7 Å². The van der Waals surface area contributed by atoms with E-state index >= 15 is 0 Å². The summed E-state index contributed by atoms with van der Waals surface area (Å²) in [5.74, 6) is 0.549. The zero-order chi connectivity index (χ0) is 17.3. The smallest absolute Gasteiger partial charge is 0.227 e. The number of rotatable bonds is 7. The van der Waals surface area contributed by atoms with E-state index in [4.69, 9.17) is 9.47 Å². The van der Waals surface area contributed by atoms with Gasteiger partial charge >= 0.3 is 0 Å². The third-order valence-electron chi connectivity index (χ3n) is 5.23. The van der Waals surface area contributed by atoms with Crippen LogP contribution in [-0.4, -0.2) is 67.6 Å². The minimum absolute atomic E-state index is 0.0903. The number of morpholine rings is 1. The largest absolute Gasteiger partial charge is 0.379 e. The predicted molar refractivity (Wildman–Crippen MR) is 92.1 cm³/mol. The molecule has 1 aliphatic carbocycles. The number of aromatic nitrogens is 2. The number of nitrogens with zero attached hydrogens (tertiary/aromatic N) is 3. The van der Waals surface area contributed by atoms with Crippen LogP contribution >= 0.6 is 0 Å². The lowest BCUT2D eigenvalue weighted by atomic mass is 10.2. The molecule has 0 radical (unpaired) electrons. The fourth-order valence-corrected chi connectivity index (χ4v) is 5.46. The van der Waals surface area contributed by atoms with Gasteiger partial charge in [-0.2, -0.15) is 0 Å². The third-order valence-corrected chi connectivity index (χ3v) is 7.02. The van der Waals surface area contributed by atoms with Crippen LogP contribution in [-0.2, 0) is 32.4 Å². The van der Waals surface area contributed by atoms with E-state index in [0.29, 0.717) is 19.0 Å². The molecular formula is C17H27N3O4S. The average Bonchev–Trinajstić information content (AvgIpc) is 3.09. The Bertz CT molecular complexity index is 687. The van der Waals surface area contributed by atoms with Crippen molar-refractivity contribution in [3.63, 3.8) is 0 Å². The molecule has 140 valence electrons. The first-order chi connectivity index (χ1) is 12.1. The van der Waals surface area contributed by atoms with Gasteiger partial charge in [0.2, 0.25) is 15.0 Å². The van der Waals surface area contributed by atoms with E-state index < -0.39 is 9.84 Å². The van der Waals surface area contributed by atoms with Crippen molar-refractivity contribution in [2.45, 2.75) is 50.0 Å². The SMILES string of the molecule is O=S(=O)(CC1CC1)c1ncc(CN2CCOCC2)n1C[C@H]1CCCO1. The summed E-state index contributed by atoms with van der Waals surface area (Å²) in [5.41, 5.74) is 0.965. The summed E-state index contributed by atoms with van der Waals surface area (Å²) in [6, 6.07) is 0. The van der Waals surface area contributed by atoms with Gasteiger partial charge in [0.15, 0.2) is 0 Å². The van der Waals surface area contributed by atoms with Gasteiger partial charge in [0.05, 0.1) is 43.5 Å². The number of hydrogen-bond acceptors (Lipinski definition) is 6. The predicted octanol–water partition coefficient (Wildman–Crippen LogP) is 1.08. The summed E-state index contributed by atoms with van der Waals surface area (Å²) < 4.78 is 38.7. The van der Waals surface area contributed by atoms with Gasteiger partial charge in [0, 0.05) is 26.2 Å². The second-order valence-electron chi connectivity index (χ2n) is 7.39. The van der Waals surface area contributed by atoms with Crippen molar-refractivity contribution in [1.29, 1.82) is 0 Å². The lowest BCUT2D eigenvalue weighted by Gasteiger charge is -2.27. The highest BCUT2D eigenvalue weighted by Gasteiger charge is 2.33. The molecule has 1 atom stereocenters. The van der Waals surface area contributed by atoms with Crippen LogP contribution in [0.3, 0.4) is 0 Å². The fraction of sp³-hybridized carbons (Fsp3) is 0.824. The number of imidazole rings is 1. The molecule has 0 amide bonds.